The first-order valence-electron chi connectivity index (χ1n) is 9.05. The Morgan fingerprint density at radius 1 is 1.33 bits per heavy atom. The monoisotopic (exact) mass is 422 g/mol. The number of anilines is 1. The number of allylic oxidation sites excluding steroid dienone is 1. The third-order valence-corrected chi connectivity index (χ3v) is 5.54. The quantitative estimate of drug-likeness (QED) is 0.541. The molecule has 2 amide bonds. The van der Waals surface area contributed by atoms with Gasteiger partial charge in [0.05, 0.1) is 27.3 Å². The molecule has 0 bridgehead atoms. The highest BCUT2D eigenvalue weighted by Gasteiger charge is 2.30. The lowest BCUT2D eigenvalue weighted by atomic mass is 9.87. The Morgan fingerprint density at radius 3 is 2.73 bits per heavy atom. The lowest BCUT2D eigenvalue weighted by Crippen LogP contribution is -2.31. The standard InChI is InChI=1S/C21H18N4O4S/c1-13-5-7-15(8-6-13)23-20(27)12-30-21-18(11-22)17(10-19(26)24-21)14-3-2-4-16(9-14)25(28)29/h2-9,17H,10,12H2,1H3,(H,23,27)(H,24,26)/t17-/m0/s1. The molecule has 9 heteroatoms. The summed E-state index contributed by atoms with van der Waals surface area (Å²) in [6.45, 7) is 1.95. The molecule has 1 aliphatic heterocycles. The molecule has 3 rings (SSSR count). The molecule has 0 spiro atoms. The van der Waals surface area contributed by atoms with Gasteiger partial charge < -0.3 is 10.6 Å². The average Bonchev–Trinajstić information content (AvgIpc) is 2.73. The van der Waals surface area contributed by atoms with E-state index in [1.807, 2.05) is 19.1 Å². The molecule has 0 radical (unpaired) electrons. The van der Waals surface area contributed by atoms with E-state index in [2.05, 4.69) is 16.7 Å². The molecule has 2 N–H and O–H groups in total. The molecule has 2 aromatic carbocycles. The van der Waals surface area contributed by atoms with E-state index in [9.17, 15) is 25.0 Å². The van der Waals surface area contributed by atoms with E-state index in [-0.39, 0.29) is 35.2 Å². The number of carbonyl (C=O) groups excluding carboxylic acids is 2. The topological polar surface area (TPSA) is 125 Å². The summed E-state index contributed by atoms with van der Waals surface area (Å²) in [5.74, 6) is -1.20. The fourth-order valence-electron chi connectivity index (χ4n) is 3.04. The second kappa shape index (κ2) is 9.24. The number of nitro groups is 1. The first-order chi connectivity index (χ1) is 14.4. The Balaban J connectivity index is 1.78. The Labute approximate surface area is 177 Å². The second-order valence-corrected chi connectivity index (χ2v) is 7.70. The molecule has 0 fully saturated rings. The molecule has 2 aromatic rings. The molecule has 8 nitrogen and oxygen atoms in total. The van der Waals surface area contributed by atoms with Crippen molar-refractivity contribution in [1.29, 1.82) is 5.26 Å². The largest absolute Gasteiger partial charge is 0.325 e. The number of hydrogen-bond donors (Lipinski definition) is 2. The number of thioether (sulfide) groups is 1. The van der Waals surface area contributed by atoms with E-state index in [0.29, 0.717) is 16.3 Å². The van der Waals surface area contributed by atoms with Crippen LogP contribution in [0.5, 0.6) is 0 Å². The van der Waals surface area contributed by atoms with E-state index in [1.165, 1.54) is 18.2 Å². The zero-order valence-electron chi connectivity index (χ0n) is 16.0. The van der Waals surface area contributed by atoms with Crippen molar-refractivity contribution in [2.24, 2.45) is 0 Å². The molecule has 1 atom stereocenters. The number of nitrogens with zero attached hydrogens (tertiary/aromatic N) is 2. The lowest BCUT2D eigenvalue weighted by molar-refractivity contribution is -0.384. The maximum atomic E-state index is 12.3. The van der Waals surface area contributed by atoms with Crippen molar-refractivity contribution >= 4 is 35.0 Å². The number of carbonyl (C=O) groups is 2. The van der Waals surface area contributed by atoms with E-state index < -0.39 is 10.8 Å². The normalized spacial score (nSPS) is 15.9. The van der Waals surface area contributed by atoms with Crippen LogP contribution in [-0.4, -0.2) is 22.5 Å². The van der Waals surface area contributed by atoms with E-state index in [4.69, 9.17) is 0 Å². The molecule has 152 valence electrons. The Bertz CT molecular complexity index is 1070. The number of non-ortho nitro benzene ring substituents is 1. The maximum Gasteiger partial charge on any atom is 0.269 e. The second-order valence-electron chi connectivity index (χ2n) is 6.71. The number of nitriles is 1. The Hall–Kier alpha value is -3.64. The summed E-state index contributed by atoms with van der Waals surface area (Å²) < 4.78 is 0. The first kappa shape index (κ1) is 21.1. The molecule has 0 saturated heterocycles. The zero-order valence-corrected chi connectivity index (χ0v) is 16.9. The fraction of sp³-hybridized carbons (Fsp3) is 0.190. The molecule has 0 unspecified atom stereocenters. The molecule has 1 heterocycles. The number of rotatable bonds is 6. The number of nitrogens with one attached hydrogen (secondary N) is 2. The minimum atomic E-state index is -0.605. The molecule has 1 aliphatic rings. The summed E-state index contributed by atoms with van der Waals surface area (Å²) in [5.41, 5.74) is 2.41. The maximum absolute atomic E-state index is 12.3. The number of benzene rings is 2. The highest BCUT2D eigenvalue weighted by atomic mass is 32.2. The van der Waals surface area contributed by atoms with Crippen LogP contribution >= 0.6 is 11.8 Å². The van der Waals surface area contributed by atoms with Crippen LogP contribution in [0.3, 0.4) is 0 Å². The highest BCUT2D eigenvalue weighted by Crippen LogP contribution is 2.36. The SMILES string of the molecule is Cc1ccc(NC(=O)CSC2=C(C#N)[C@H](c3cccc([N+](=O)[O-])c3)CC(=O)N2)cc1. The molecular formula is C21H18N4O4S. The summed E-state index contributed by atoms with van der Waals surface area (Å²) in [5, 5.41) is 26.4. The van der Waals surface area contributed by atoms with Crippen LogP contribution in [0.25, 0.3) is 0 Å². The van der Waals surface area contributed by atoms with Gasteiger partial charge in [-0.3, -0.25) is 19.7 Å². The Kier molecular flexibility index (Phi) is 6.49. The number of hydrogen-bond acceptors (Lipinski definition) is 6. The number of nitro benzene ring substituents is 1. The average molecular weight is 422 g/mol. The van der Waals surface area contributed by atoms with Crippen molar-refractivity contribution in [3.05, 3.63) is 80.4 Å². The van der Waals surface area contributed by atoms with Crippen LogP contribution < -0.4 is 10.6 Å². The van der Waals surface area contributed by atoms with Crippen molar-refractivity contribution in [3.63, 3.8) is 0 Å². The van der Waals surface area contributed by atoms with Crippen LogP contribution in [-0.2, 0) is 9.59 Å². The van der Waals surface area contributed by atoms with Gasteiger partial charge in [0.1, 0.15) is 0 Å². The summed E-state index contributed by atoms with van der Waals surface area (Å²) in [7, 11) is 0. The van der Waals surface area contributed by atoms with Gasteiger partial charge in [-0.15, -0.1) is 0 Å². The van der Waals surface area contributed by atoms with Crippen LogP contribution in [0.4, 0.5) is 11.4 Å². The summed E-state index contributed by atoms with van der Waals surface area (Å²) >= 11 is 1.05. The smallest absolute Gasteiger partial charge is 0.269 e. The van der Waals surface area contributed by atoms with Crippen molar-refractivity contribution in [1.82, 2.24) is 5.32 Å². The predicted molar refractivity (Wildman–Crippen MR) is 114 cm³/mol. The minimum Gasteiger partial charge on any atom is -0.325 e. The third kappa shape index (κ3) is 5.04. The molecule has 30 heavy (non-hydrogen) atoms. The van der Waals surface area contributed by atoms with Gasteiger partial charge in [-0.1, -0.05) is 41.6 Å². The lowest BCUT2D eigenvalue weighted by Gasteiger charge is -2.24. The Morgan fingerprint density at radius 2 is 2.07 bits per heavy atom. The number of amides is 2. The van der Waals surface area contributed by atoms with Crippen LogP contribution in [0.1, 0.15) is 23.5 Å². The van der Waals surface area contributed by atoms with Gasteiger partial charge in [0.15, 0.2) is 0 Å². The minimum absolute atomic E-state index is 0.00364. The van der Waals surface area contributed by atoms with Gasteiger partial charge in [-0.2, -0.15) is 5.26 Å². The predicted octanol–water partition coefficient (Wildman–Crippen LogP) is 3.61. The van der Waals surface area contributed by atoms with Crippen LogP contribution in [0.2, 0.25) is 0 Å². The third-order valence-electron chi connectivity index (χ3n) is 4.52. The van der Waals surface area contributed by atoms with E-state index in [1.54, 1.807) is 18.2 Å². The van der Waals surface area contributed by atoms with Gasteiger partial charge in [0, 0.05) is 30.2 Å². The van der Waals surface area contributed by atoms with Crippen LogP contribution in [0, 0.1) is 28.4 Å². The first-order valence-corrected chi connectivity index (χ1v) is 10.0. The molecule has 0 aromatic heterocycles. The molecule has 0 aliphatic carbocycles. The van der Waals surface area contributed by atoms with Crippen molar-refractivity contribution < 1.29 is 14.5 Å². The van der Waals surface area contributed by atoms with Gasteiger partial charge in [-0.25, -0.2) is 0 Å². The number of aryl methyl sites for hydroxylation is 1. The van der Waals surface area contributed by atoms with Crippen molar-refractivity contribution in [3.8, 4) is 6.07 Å². The zero-order chi connectivity index (χ0) is 21.7. The molecular weight excluding hydrogens is 404 g/mol. The van der Waals surface area contributed by atoms with Gasteiger partial charge in [0.2, 0.25) is 11.8 Å². The summed E-state index contributed by atoms with van der Waals surface area (Å²) in [6, 6.07) is 15.3. The van der Waals surface area contributed by atoms with Crippen molar-refractivity contribution in [2.45, 2.75) is 19.3 Å². The fourth-order valence-corrected chi connectivity index (χ4v) is 3.92. The highest BCUT2D eigenvalue weighted by molar-refractivity contribution is 8.03. The van der Waals surface area contributed by atoms with Crippen molar-refractivity contribution in [2.75, 3.05) is 11.1 Å². The molecule has 0 saturated carbocycles. The van der Waals surface area contributed by atoms with Gasteiger partial charge >= 0.3 is 0 Å². The van der Waals surface area contributed by atoms with E-state index in [0.717, 1.165) is 17.3 Å². The summed E-state index contributed by atoms with van der Waals surface area (Å²) in [4.78, 5) is 35.0. The van der Waals surface area contributed by atoms with Gasteiger partial charge in [0.25, 0.3) is 5.69 Å². The summed E-state index contributed by atoms with van der Waals surface area (Å²) in [6.07, 6.45) is 0.00365. The van der Waals surface area contributed by atoms with Crippen LogP contribution in [0.15, 0.2) is 59.1 Å². The van der Waals surface area contributed by atoms with Gasteiger partial charge in [-0.05, 0) is 24.6 Å². The van der Waals surface area contributed by atoms with E-state index >= 15 is 0 Å².